The molecule has 0 spiro atoms. The van der Waals surface area contributed by atoms with Crippen LogP contribution in [0.5, 0.6) is 0 Å². The monoisotopic (exact) mass is 279 g/mol. The van der Waals surface area contributed by atoms with Crippen molar-refractivity contribution >= 4 is 36.3 Å². The molecule has 1 aromatic carbocycles. The largest absolute Gasteiger partial charge is 0.395 e. The van der Waals surface area contributed by atoms with E-state index in [1.807, 2.05) is 35.2 Å². The van der Waals surface area contributed by atoms with Gasteiger partial charge in [0.25, 0.3) is 0 Å². The molecule has 0 saturated carbocycles. The lowest BCUT2D eigenvalue weighted by atomic mass is 10.2. The Morgan fingerprint density at radius 3 is 2.24 bits per heavy atom. The fraction of sp³-hybridized carbons (Fsp3) is 0.364. The molecular formula is C11H19Cl2N3O. The van der Waals surface area contributed by atoms with Gasteiger partial charge in [-0.25, -0.2) is 0 Å². The number of aliphatic hydroxyl groups excluding tert-OH is 1. The van der Waals surface area contributed by atoms with Crippen LogP contribution in [0, 0.1) is 5.41 Å². The van der Waals surface area contributed by atoms with E-state index >= 15 is 0 Å². The summed E-state index contributed by atoms with van der Waals surface area (Å²) in [5, 5.41) is 16.1. The van der Waals surface area contributed by atoms with Gasteiger partial charge < -0.3 is 15.7 Å². The van der Waals surface area contributed by atoms with Crippen LogP contribution >= 0.6 is 24.8 Å². The molecule has 0 aliphatic rings. The summed E-state index contributed by atoms with van der Waals surface area (Å²) in [5.41, 5.74) is 6.36. The van der Waals surface area contributed by atoms with Gasteiger partial charge in [-0.1, -0.05) is 18.2 Å². The molecule has 0 aliphatic heterocycles. The van der Waals surface area contributed by atoms with E-state index in [4.69, 9.17) is 16.2 Å². The van der Waals surface area contributed by atoms with Crippen molar-refractivity contribution in [3.63, 3.8) is 0 Å². The molecule has 17 heavy (non-hydrogen) atoms. The van der Waals surface area contributed by atoms with Gasteiger partial charge in [-0.2, -0.15) is 0 Å². The Morgan fingerprint density at radius 1 is 1.18 bits per heavy atom. The normalized spacial score (nSPS) is 8.76. The molecule has 4 N–H and O–H groups in total. The van der Waals surface area contributed by atoms with Crippen LogP contribution in [0.3, 0.4) is 0 Å². The first-order chi connectivity index (χ1) is 7.24. The van der Waals surface area contributed by atoms with Gasteiger partial charge in [0.05, 0.1) is 12.4 Å². The summed E-state index contributed by atoms with van der Waals surface area (Å²) in [7, 11) is 0. The van der Waals surface area contributed by atoms with Gasteiger partial charge in [-0.3, -0.25) is 5.41 Å². The first-order valence-corrected chi connectivity index (χ1v) is 4.98. The Balaban J connectivity index is 0. The standard InChI is InChI=1S/C11H17N3O.2ClH/c12-11(13)6-7-14(8-9-15)10-4-2-1-3-5-10;;/h1-5,15H,6-9H2,(H3,12,13);2*1H. The molecule has 0 heterocycles. The molecular weight excluding hydrogens is 261 g/mol. The lowest BCUT2D eigenvalue weighted by molar-refractivity contribution is 0.302. The predicted octanol–water partition coefficient (Wildman–Crippen LogP) is 1.65. The maximum atomic E-state index is 8.94. The van der Waals surface area contributed by atoms with Crippen molar-refractivity contribution in [1.82, 2.24) is 0 Å². The fourth-order valence-electron chi connectivity index (χ4n) is 1.38. The zero-order valence-corrected chi connectivity index (χ0v) is 11.1. The van der Waals surface area contributed by atoms with Crippen molar-refractivity contribution in [3.8, 4) is 0 Å². The van der Waals surface area contributed by atoms with Crippen molar-refractivity contribution in [1.29, 1.82) is 5.41 Å². The molecule has 6 heteroatoms. The minimum atomic E-state index is 0. The van der Waals surface area contributed by atoms with Gasteiger partial charge in [-0.05, 0) is 12.1 Å². The molecule has 0 bridgehead atoms. The Bertz CT molecular complexity index is 309. The minimum absolute atomic E-state index is 0. The zero-order chi connectivity index (χ0) is 11.1. The number of hydrogen-bond acceptors (Lipinski definition) is 3. The molecule has 0 atom stereocenters. The second kappa shape index (κ2) is 10.2. The highest BCUT2D eigenvalue weighted by atomic mass is 35.5. The molecule has 1 aromatic rings. The fourth-order valence-corrected chi connectivity index (χ4v) is 1.38. The van der Waals surface area contributed by atoms with E-state index in [1.54, 1.807) is 0 Å². The van der Waals surface area contributed by atoms with Crippen LogP contribution in [0.15, 0.2) is 30.3 Å². The Morgan fingerprint density at radius 2 is 1.76 bits per heavy atom. The van der Waals surface area contributed by atoms with Crippen molar-refractivity contribution in [2.75, 3.05) is 24.6 Å². The molecule has 0 aromatic heterocycles. The summed E-state index contributed by atoms with van der Waals surface area (Å²) in [5.74, 6) is 0.175. The number of aliphatic hydroxyl groups is 1. The SMILES string of the molecule is Cl.Cl.N=C(N)CCN(CCO)c1ccccc1. The third-order valence-corrected chi connectivity index (χ3v) is 2.14. The zero-order valence-electron chi connectivity index (χ0n) is 9.50. The minimum Gasteiger partial charge on any atom is -0.395 e. The van der Waals surface area contributed by atoms with Crippen LogP contribution in [0.2, 0.25) is 0 Å². The number of nitrogens with zero attached hydrogens (tertiary/aromatic N) is 1. The smallest absolute Gasteiger partial charge is 0.0923 e. The quantitative estimate of drug-likeness (QED) is 0.548. The number of nitrogens with one attached hydrogen (secondary N) is 1. The van der Waals surface area contributed by atoms with Crippen LogP contribution in [-0.2, 0) is 0 Å². The number of anilines is 1. The van der Waals surface area contributed by atoms with E-state index in [9.17, 15) is 0 Å². The van der Waals surface area contributed by atoms with Gasteiger partial charge in [0.15, 0.2) is 0 Å². The number of amidine groups is 1. The summed E-state index contributed by atoms with van der Waals surface area (Å²) in [6, 6.07) is 9.82. The highest BCUT2D eigenvalue weighted by Crippen LogP contribution is 2.12. The van der Waals surface area contributed by atoms with Crippen molar-refractivity contribution in [2.24, 2.45) is 5.73 Å². The number of benzene rings is 1. The van der Waals surface area contributed by atoms with E-state index in [0.717, 1.165) is 5.69 Å². The number of rotatable bonds is 6. The molecule has 98 valence electrons. The Hall–Kier alpha value is -0.970. The van der Waals surface area contributed by atoms with Crippen LogP contribution in [-0.4, -0.2) is 30.6 Å². The summed E-state index contributed by atoms with van der Waals surface area (Å²) in [4.78, 5) is 2.02. The molecule has 0 radical (unpaired) electrons. The number of halogens is 2. The molecule has 0 amide bonds. The highest BCUT2D eigenvalue weighted by Gasteiger charge is 2.05. The van der Waals surface area contributed by atoms with Crippen LogP contribution < -0.4 is 10.6 Å². The van der Waals surface area contributed by atoms with Gasteiger partial charge in [0.2, 0.25) is 0 Å². The highest BCUT2D eigenvalue weighted by molar-refractivity contribution is 5.85. The van der Waals surface area contributed by atoms with E-state index in [1.165, 1.54) is 0 Å². The van der Waals surface area contributed by atoms with Crippen LogP contribution in [0.25, 0.3) is 0 Å². The molecule has 0 saturated heterocycles. The molecule has 4 nitrogen and oxygen atoms in total. The summed E-state index contributed by atoms with van der Waals surface area (Å²) in [6.07, 6.45) is 0.523. The van der Waals surface area contributed by atoms with E-state index in [-0.39, 0.29) is 37.3 Å². The summed E-state index contributed by atoms with van der Waals surface area (Å²) in [6.45, 7) is 1.34. The van der Waals surface area contributed by atoms with E-state index < -0.39 is 0 Å². The topological polar surface area (TPSA) is 73.3 Å². The van der Waals surface area contributed by atoms with Crippen molar-refractivity contribution < 1.29 is 5.11 Å². The molecule has 0 unspecified atom stereocenters. The van der Waals surface area contributed by atoms with E-state index in [0.29, 0.717) is 19.5 Å². The maximum absolute atomic E-state index is 8.94. The Labute approximate surface area is 114 Å². The molecule has 1 rings (SSSR count). The van der Waals surface area contributed by atoms with Gasteiger partial charge in [0.1, 0.15) is 0 Å². The van der Waals surface area contributed by atoms with E-state index in [2.05, 4.69) is 0 Å². The van der Waals surface area contributed by atoms with Gasteiger partial charge >= 0.3 is 0 Å². The van der Waals surface area contributed by atoms with Crippen molar-refractivity contribution in [2.45, 2.75) is 6.42 Å². The first-order valence-electron chi connectivity index (χ1n) is 4.98. The summed E-state index contributed by atoms with van der Waals surface area (Å²) < 4.78 is 0. The van der Waals surface area contributed by atoms with Gasteiger partial charge in [-0.15, -0.1) is 24.8 Å². The van der Waals surface area contributed by atoms with Crippen LogP contribution in [0.1, 0.15) is 6.42 Å². The predicted molar refractivity (Wildman–Crippen MR) is 76.8 cm³/mol. The molecule has 0 fully saturated rings. The lowest BCUT2D eigenvalue weighted by Crippen LogP contribution is -2.30. The average Bonchev–Trinajstić information content (AvgIpc) is 2.25. The lowest BCUT2D eigenvalue weighted by Gasteiger charge is -2.23. The number of para-hydroxylation sites is 1. The van der Waals surface area contributed by atoms with Crippen molar-refractivity contribution in [3.05, 3.63) is 30.3 Å². The first kappa shape index (κ1) is 18.4. The van der Waals surface area contributed by atoms with Crippen LogP contribution in [0.4, 0.5) is 5.69 Å². The number of hydrogen-bond donors (Lipinski definition) is 3. The maximum Gasteiger partial charge on any atom is 0.0923 e. The summed E-state index contributed by atoms with van der Waals surface area (Å²) >= 11 is 0. The third kappa shape index (κ3) is 7.05. The number of nitrogens with two attached hydrogens (primary N) is 1. The average molecular weight is 280 g/mol. The molecule has 0 aliphatic carbocycles. The third-order valence-electron chi connectivity index (χ3n) is 2.14. The van der Waals surface area contributed by atoms with Gasteiger partial charge in [0, 0.05) is 25.2 Å². The second-order valence-electron chi connectivity index (χ2n) is 3.32. The second-order valence-corrected chi connectivity index (χ2v) is 3.32. The Kier molecular flexibility index (Phi) is 11.0.